The molecule has 0 aromatic heterocycles. The van der Waals surface area contributed by atoms with E-state index in [-0.39, 0.29) is 0 Å². The van der Waals surface area contributed by atoms with Gasteiger partial charge in [-0.25, -0.2) is 4.79 Å². The Balaban J connectivity index is 3.64. The number of alkyl halides is 5. The van der Waals surface area contributed by atoms with E-state index < -0.39 is 60.0 Å². The molecule has 1 aliphatic rings. The van der Waals surface area contributed by atoms with E-state index in [4.69, 9.17) is 0 Å². The molecular formula is C16H19F5O7. The molecule has 28 heavy (non-hydrogen) atoms. The lowest BCUT2D eigenvalue weighted by Crippen LogP contribution is -2.79. The first-order valence-corrected chi connectivity index (χ1v) is 7.76. The molecule has 0 spiro atoms. The van der Waals surface area contributed by atoms with Crippen LogP contribution in [0, 0.1) is 5.41 Å². The van der Waals surface area contributed by atoms with Gasteiger partial charge in [-0.1, -0.05) is 13.5 Å². The number of halogens is 5. The maximum atomic E-state index is 15.3. The van der Waals surface area contributed by atoms with E-state index in [9.17, 15) is 27.6 Å². The van der Waals surface area contributed by atoms with E-state index in [2.05, 4.69) is 25.5 Å². The third-order valence-corrected chi connectivity index (χ3v) is 4.47. The first-order valence-electron chi connectivity index (χ1n) is 7.76. The highest BCUT2D eigenvalue weighted by molar-refractivity contribution is 5.81. The summed E-state index contributed by atoms with van der Waals surface area (Å²) in [6.07, 6.45) is -5.20. The quantitative estimate of drug-likeness (QED) is 0.293. The van der Waals surface area contributed by atoms with Crippen LogP contribution in [0.3, 0.4) is 0 Å². The van der Waals surface area contributed by atoms with Crippen LogP contribution in [-0.4, -0.2) is 54.6 Å². The minimum atomic E-state index is -5.90. The van der Waals surface area contributed by atoms with E-state index in [0.29, 0.717) is 26.8 Å². The van der Waals surface area contributed by atoms with Crippen LogP contribution in [0.25, 0.3) is 0 Å². The van der Waals surface area contributed by atoms with Crippen molar-refractivity contribution < 1.29 is 55.3 Å². The molecule has 1 rings (SSSR count). The van der Waals surface area contributed by atoms with Crippen molar-refractivity contribution in [1.82, 2.24) is 0 Å². The van der Waals surface area contributed by atoms with Crippen LogP contribution in [0.4, 0.5) is 22.0 Å². The van der Waals surface area contributed by atoms with Crippen molar-refractivity contribution in [2.24, 2.45) is 5.41 Å². The number of ether oxygens (including phenoxy) is 4. The monoisotopic (exact) mass is 418 g/mol. The van der Waals surface area contributed by atoms with Gasteiger partial charge in [-0.3, -0.25) is 9.59 Å². The molecule has 0 bridgehead atoms. The summed E-state index contributed by atoms with van der Waals surface area (Å²) in [6, 6.07) is 0. The van der Waals surface area contributed by atoms with E-state index in [1.807, 2.05) is 0 Å². The summed E-state index contributed by atoms with van der Waals surface area (Å²) >= 11 is 0. The smallest absolute Gasteiger partial charge is 0.462 e. The molecule has 0 saturated carbocycles. The molecule has 3 atom stereocenters. The van der Waals surface area contributed by atoms with Crippen LogP contribution >= 0.6 is 0 Å². The lowest BCUT2D eigenvalue weighted by atomic mass is 9.67. The maximum Gasteiger partial charge on any atom is 0.462 e. The van der Waals surface area contributed by atoms with Gasteiger partial charge < -0.3 is 18.9 Å². The highest BCUT2D eigenvalue weighted by atomic mass is 19.4. The predicted molar refractivity (Wildman–Crippen MR) is 80.9 cm³/mol. The minimum Gasteiger partial charge on any atom is -0.462 e. The third-order valence-electron chi connectivity index (χ3n) is 4.47. The molecule has 0 aromatic carbocycles. The van der Waals surface area contributed by atoms with Gasteiger partial charge in [-0.15, -0.1) is 0 Å². The fourth-order valence-electron chi connectivity index (χ4n) is 2.74. The zero-order valence-electron chi connectivity index (χ0n) is 15.4. The second-order valence-corrected chi connectivity index (χ2v) is 6.57. The molecule has 1 fully saturated rings. The summed E-state index contributed by atoms with van der Waals surface area (Å²) in [5, 5.41) is 0. The molecule has 12 heteroatoms. The number of hydrogen-bond donors (Lipinski definition) is 0. The highest BCUT2D eigenvalue weighted by Crippen LogP contribution is 2.60. The summed E-state index contributed by atoms with van der Waals surface area (Å²) < 4.78 is 89.2. The van der Waals surface area contributed by atoms with E-state index >= 15 is 8.78 Å². The molecule has 0 N–H and O–H groups in total. The van der Waals surface area contributed by atoms with Crippen LogP contribution in [0.1, 0.15) is 27.7 Å². The van der Waals surface area contributed by atoms with Gasteiger partial charge in [-0.05, 0) is 6.92 Å². The predicted octanol–water partition coefficient (Wildman–Crippen LogP) is 2.53. The SMILES string of the molecule is C=CC(=O)OCC1(C)COC(OC(C)=O)(C(F)(F)F)C(F)(F)C1(C)OC(C)=O. The molecule has 7 nitrogen and oxygen atoms in total. The van der Waals surface area contributed by atoms with Crippen molar-refractivity contribution in [2.45, 2.75) is 51.2 Å². The van der Waals surface area contributed by atoms with Gasteiger partial charge in [0, 0.05) is 19.9 Å². The highest BCUT2D eigenvalue weighted by Gasteiger charge is 2.86. The number of esters is 3. The summed E-state index contributed by atoms with van der Waals surface area (Å²) in [4.78, 5) is 33.9. The Labute approximate surface area is 156 Å². The van der Waals surface area contributed by atoms with Gasteiger partial charge in [0.15, 0.2) is 5.60 Å². The Morgan fingerprint density at radius 1 is 1.11 bits per heavy atom. The normalized spacial score (nSPS) is 32.2. The second-order valence-electron chi connectivity index (χ2n) is 6.57. The summed E-state index contributed by atoms with van der Waals surface area (Å²) in [5.41, 5.74) is -5.41. The van der Waals surface area contributed by atoms with Crippen molar-refractivity contribution in [3.8, 4) is 0 Å². The average molecular weight is 418 g/mol. The number of carbonyl (C=O) groups is 3. The fraction of sp³-hybridized carbons (Fsp3) is 0.688. The Bertz CT molecular complexity index is 677. The zero-order valence-corrected chi connectivity index (χ0v) is 15.4. The summed E-state index contributed by atoms with van der Waals surface area (Å²) in [6.45, 7) is 3.70. The van der Waals surface area contributed by atoms with Crippen molar-refractivity contribution in [1.29, 1.82) is 0 Å². The van der Waals surface area contributed by atoms with Crippen LogP contribution in [0.5, 0.6) is 0 Å². The molecular weight excluding hydrogens is 399 g/mol. The fourth-order valence-corrected chi connectivity index (χ4v) is 2.74. The molecule has 1 saturated heterocycles. The van der Waals surface area contributed by atoms with E-state index in [1.54, 1.807) is 0 Å². The van der Waals surface area contributed by atoms with Crippen LogP contribution in [-0.2, 0) is 33.3 Å². The van der Waals surface area contributed by atoms with Crippen molar-refractivity contribution in [3.05, 3.63) is 12.7 Å². The lowest BCUT2D eigenvalue weighted by molar-refractivity contribution is -0.486. The summed E-state index contributed by atoms with van der Waals surface area (Å²) in [5.74, 6) is -14.0. The van der Waals surface area contributed by atoms with Gasteiger partial charge in [0.1, 0.15) is 6.61 Å². The Morgan fingerprint density at radius 2 is 1.61 bits per heavy atom. The molecule has 0 aromatic rings. The van der Waals surface area contributed by atoms with Gasteiger partial charge in [0.05, 0.1) is 12.0 Å². The first kappa shape index (κ1) is 23.8. The lowest BCUT2D eigenvalue weighted by Gasteiger charge is -2.57. The standard InChI is InChI=1S/C16H19F5O7/c1-6-11(24)25-7-12(4)8-26-15(16(19,20)21,28-10(3)23)14(17,18)13(12,5)27-9(2)22/h6H,1,7-8H2,2-5H3. The first-order chi connectivity index (χ1) is 12.5. The molecule has 0 aliphatic carbocycles. The van der Waals surface area contributed by atoms with Crippen LogP contribution < -0.4 is 0 Å². The van der Waals surface area contributed by atoms with Crippen molar-refractivity contribution in [2.75, 3.05) is 13.2 Å². The van der Waals surface area contributed by atoms with Gasteiger partial charge in [0.2, 0.25) is 0 Å². The molecule has 1 aliphatic heterocycles. The zero-order chi connectivity index (χ0) is 22.2. The number of rotatable bonds is 5. The van der Waals surface area contributed by atoms with Gasteiger partial charge in [-0.2, -0.15) is 22.0 Å². The minimum absolute atomic E-state index is 0.482. The number of carbonyl (C=O) groups excluding carboxylic acids is 3. The Hall–Kier alpha value is -2.24. The van der Waals surface area contributed by atoms with Crippen LogP contribution in [0.2, 0.25) is 0 Å². The van der Waals surface area contributed by atoms with Crippen LogP contribution in [0.15, 0.2) is 12.7 Å². The van der Waals surface area contributed by atoms with E-state index in [0.717, 1.165) is 6.92 Å². The van der Waals surface area contributed by atoms with Gasteiger partial charge in [0.25, 0.3) is 0 Å². The third kappa shape index (κ3) is 3.56. The van der Waals surface area contributed by atoms with E-state index in [1.165, 1.54) is 0 Å². The molecule has 3 unspecified atom stereocenters. The largest absolute Gasteiger partial charge is 0.462 e. The average Bonchev–Trinajstić information content (AvgIpc) is 2.52. The maximum absolute atomic E-state index is 15.3. The Morgan fingerprint density at radius 3 is 2.00 bits per heavy atom. The molecule has 0 radical (unpaired) electrons. The molecule has 160 valence electrons. The Kier molecular flexibility index (Phi) is 6.20. The van der Waals surface area contributed by atoms with Crippen molar-refractivity contribution in [3.63, 3.8) is 0 Å². The van der Waals surface area contributed by atoms with Gasteiger partial charge >= 0.3 is 35.8 Å². The number of hydrogen-bond acceptors (Lipinski definition) is 7. The second kappa shape index (κ2) is 7.30. The molecule has 1 heterocycles. The van der Waals surface area contributed by atoms with Crippen molar-refractivity contribution >= 4 is 17.9 Å². The summed E-state index contributed by atoms with van der Waals surface area (Å²) in [7, 11) is 0. The molecule has 0 amide bonds. The topological polar surface area (TPSA) is 88.1 Å².